The van der Waals surface area contributed by atoms with E-state index in [1.165, 1.54) is 11.3 Å². The quantitative estimate of drug-likeness (QED) is 0.839. The second-order valence-electron chi connectivity index (χ2n) is 5.00. The van der Waals surface area contributed by atoms with Crippen molar-refractivity contribution in [2.45, 2.75) is 6.61 Å². The number of benzene rings is 1. The van der Waals surface area contributed by atoms with Crippen molar-refractivity contribution in [2.24, 2.45) is 0 Å². The van der Waals surface area contributed by atoms with Gasteiger partial charge in [0, 0.05) is 18.5 Å². The zero-order valence-electron chi connectivity index (χ0n) is 12.9. The van der Waals surface area contributed by atoms with E-state index in [4.69, 9.17) is 14.2 Å². The van der Waals surface area contributed by atoms with Crippen molar-refractivity contribution in [3.05, 3.63) is 40.3 Å². The van der Waals surface area contributed by atoms with Gasteiger partial charge >= 0.3 is 0 Å². The van der Waals surface area contributed by atoms with Crippen molar-refractivity contribution in [3.8, 4) is 11.5 Å². The van der Waals surface area contributed by atoms with E-state index >= 15 is 0 Å². The highest BCUT2D eigenvalue weighted by Crippen LogP contribution is 2.19. The van der Waals surface area contributed by atoms with Gasteiger partial charge in [-0.15, -0.1) is 11.3 Å². The SMILES string of the molecule is COc1ccc(OCc2nc(C(=O)N3CCOCC3)cs2)cc1. The maximum atomic E-state index is 12.3. The lowest BCUT2D eigenvalue weighted by atomic mass is 10.3. The molecule has 2 aromatic rings. The van der Waals surface area contributed by atoms with E-state index in [-0.39, 0.29) is 5.91 Å². The molecule has 0 atom stereocenters. The van der Waals surface area contributed by atoms with Crippen molar-refractivity contribution >= 4 is 17.2 Å². The lowest BCUT2D eigenvalue weighted by Crippen LogP contribution is -2.40. The van der Waals surface area contributed by atoms with Gasteiger partial charge in [-0.1, -0.05) is 0 Å². The average Bonchev–Trinajstić information content (AvgIpc) is 3.09. The number of ether oxygens (including phenoxy) is 3. The Morgan fingerprint density at radius 3 is 2.65 bits per heavy atom. The Hall–Kier alpha value is -2.12. The van der Waals surface area contributed by atoms with Gasteiger partial charge in [0.15, 0.2) is 0 Å². The second kappa shape index (κ2) is 7.43. The number of amides is 1. The van der Waals surface area contributed by atoms with Crippen LogP contribution in [0, 0.1) is 0 Å². The molecule has 1 fully saturated rings. The fourth-order valence-electron chi connectivity index (χ4n) is 2.22. The Balaban J connectivity index is 1.57. The topological polar surface area (TPSA) is 60.9 Å². The molecule has 2 heterocycles. The third-order valence-corrected chi connectivity index (χ3v) is 4.31. The van der Waals surface area contributed by atoms with Crippen LogP contribution < -0.4 is 9.47 Å². The van der Waals surface area contributed by atoms with Crippen molar-refractivity contribution in [1.29, 1.82) is 0 Å². The molecule has 1 aliphatic heterocycles. The summed E-state index contributed by atoms with van der Waals surface area (Å²) in [5.41, 5.74) is 0.477. The minimum Gasteiger partial charge on any atom is -0.497 e. The number of rotatable bonds is 5. The van der Waals surface area contributed by atoms with Gasteiger partial charge in [-0.05, 0) is 24.3 Å². The monoisotopic (exact) mass is 334 g/mol. The van der Waals surface area contributed by atoms with E-state index in [1.807, 2.05) is 24.3 Å². The highest BCUT2D eigenvalue weighted by molar-refractivity contribution is 7.09. The molecule has 1 aliphatic rings. The molecule has 1 saturated heterocycles. The van der Waals surface area contributed by atoms with Crippen molar-refractivity contribution in [2.75, 3.05) is 33.4 Å². The number of morpholine rings is 1. The van der Waals surface area contributed by atoms with Gasteiger partial charge in [0.25, 0.3) is 5.91 Å². The highest BCUT2D eigenvalue weighted by Gasteiger charge is 2.20. The first-order valence-electron chi connectivity index (χ1n) is 7.34. The maximum Gasteiger partial charge on any atom is 0.273 e. The molecule has 0 N–H and O–H groups in total. The first-order valence-corrected chi connectivity index (χ1v) is 8.22. The highest BCUT2D eigenvalue weighted by atomic mass is 32.1. The predicted molar refractivity (Wildman–Crippen MR) is 86.2 cm³/mol. The van der Waals surface area contributed by atoms with Gasteiger partial charge in [-0.3, -0.25) is 4.79 Å². The molecule has 0 saturated carbocycles. The van der Waals surface area contributed by atoms with Gasteiger partial charge < -0.3 is 19.1 Å². The minimum absolute atomic E-state index is 0.0414. The number of thiazole rings is 1. The molecule has 122 valence electrons. The average molecular weight is 334 g/mol. The maximum absolute atomic E-state index is 12.3. The number of nitrogens with zero attached hydrogens (tertiary/aromatic N) is 2. The van der Waals surface area contributed by atoms with Crippen LogP contribution in [0.4, 0.5) is 0 Å². The van der Waals surface area contributed by atoms with E-state index in [9.17, 15) is 4.79 Å². The fourth-order valence-corrected chi connectivity index (χ4v) is 2.90. The van der Waals surface area contributed by atoms with E-state index < -0.39 is 0 Å². The van der Waals surface area contributed by atoms with Crippen LogP contribution in [0.1, 0.15) is 15.5 Å². The summed E-state index contributed by atoms with van der Waals surface area (Å²) in [6.07, 6.45) is 0. The molecule has 1 aromatic heterocycles. The van der Waals surface area contributed by atoms with Crippen LogP contribution in [0.15, 0.2) is 29.6 Å². The van der Waals surface area contributed by atoms with Gasteiger partial charge in [-0.2, -0.15) is 0 Å². The summed E-state index contributed by atoms with van der Waals surface area (Å²) < 4.78 is 16.0. The molecule has 3 rings (SSSR count). The Morgan fingerprint density at radius 2 is 1.96 bits per heavy atom. The molecular formula is C16H18N2O4S. The van der Waals surface area contributed by atoms with E-state index in [0.717, 1.165) is 16.5 Å². The largest absolute Gasteiger partial charge is 0.497 e. The van der Waals surface area contributed by atoms with Crippen molar-refractivity contribution in [3.63, 3.8) is 0 Å². The summed E-state index contributed by atoms with van der Waals surface area (Å²) in [5.74, 6) is 1.48. The number of aromatic nitrogens is 1. The third kappa shape index (κ3) is 4.00. The molecule has 0 spiro atoms. The van der Waals surface area contributed by atoms with Crippen LogP contribution in [0.5, 0.6) is 11.5 Å². The predicted octanol–water partition coefficient (Wildman–Crippen LogP) is 2.20. The van der Waals surface area contributed by atoms with Crippen LogP contribution in [-0.2, 0) is 11.3 Å². The van der Waals surface area contributed by atoms with Gasteiger partial charge in [0.2, 0.25) is 0 Å². The fraction of sp³-hybridized carbons (Fsp3) is 0.375. The first kappa shape index (κ1) is 15.8. The van der Waals surface area contributed by atoms with Crippen LogP contribution in [0.3, 0.4) is 0 Å². The lowest BCUT2D eigenvalue weighted by molar-refractivity contribution is 0.0299. The van der Waals surface area contributed by atoms with E-state index in [2.05, 4.69) is 4.98 Å². The van der Waals surface area contributed by atoms with E-state index in [0.29, 0.717) is 38.6 Å². The normalized spacial score (nSPS) is 14.6. The van der Waals surface area contributed by atoms with E-state index in [1.54, 1.807) is 17.4 Å². The lowest BCUT2D eigenvalue weighted by Gasteiger charge is -2.25. The molecule has 1 aromatic carbocycles. The van der Waals surface area contributed by atoms with Crippen molar-refractivity contribution in [1.82, 2.24) is 9.88 Å². The third-order valence-electron chi connectivity index (χ3n) is 3.49. The number of carbonyl (C=O) groups excluding carboxylic acids is 1. The number of hydrogen-bond donors (Lipinski definition) is 0. The zero-order chi connectivity index (χ0) is 16.1. The molecule has 23 heavy (non-hydrogen) atoms. The molecule has 6 nitrogen and oxygen atoms in total. The molecule has 7 heteroatoms. The summed E-state index contributed by atoms with van der Waals surface area (Å²) in [6, 6.07) is 7.35. The van der Waals surface area contributed by atoms with Crippen LogP contribution in [-0.4, -0.2) is 49.2 Å². The van der Waals surface area contributed by atoms with Crippen LogP contribution in [0.25, 0.3) is 0 Å². The van der Waals surface area contributed by atoms with Crippen LogP contribution >= 0.6 is 11.3 Å². The second-order valence-corrected chi connectivity index (χ2v) is 5.94. The Kier molecular flexibility index (Phi) is 5.09. The summed E-state index contributed by atoms with van der Waals surface area (Å²) in [7, 11) is 1.62. The number of carbonyl (C=O) groups is 1. The van der Waals surface area contributed by atoms with Crippen molar-refractivity contribution < 1.29 is 19.0 Å². The Bertz CT molecular complexity index is 650. The number of hydrogen-bond acceptors (Lipinski definition) is 6. The molecule has 0 aliphatic carbocycles. The molecule has 1 amide bonds. The summed E-state index contributed by atoms with van der Waals surface area (Å²) in [4.78, 5) is 18.5. The zero-order valence-corrected chi connectivity index (χ0v) is 13.7. The molecule has 0 unspecified atom stereocenters. The summed E-state index contributed by atoms with van der Waals surface area (Å²) in [6.45, 7) is 2.75. The number of methoxy groups -OCH3 is 1. The Labute approximate surface area is 138 Å². The standard InChI is InChI=1S/C16H18N2O4S/c1-20-12-2-4-13(5-3-12)22-10-15-17-14(11-23-15)16(19)18-6-8-21-9-7-18/h2-5,11H,6-10H2,1H3. The van der Waals surface area contributed by atoms with Crippen LogP contribution in [0.2, 0.25) is 0 Å². The summed E-state index contributed by atoms with van der Waals surface area (Å²) >= 11 is 1.43. The smallest absolute Gasteiger partial charge is 0.273 e. The first-order chi connectivity index (χ1) is 11.3. The van der Waals surface area contributed by atoms with Gasteiger partial charge in [0.05, 0.1) is 20.3 Å². The molecular weight excluding hydrogens is 316 g/mol. The molecule has 0 radical (unpaired) electrons. The molecule has 0 bridgehead atoms. The Morgan fingerprint density at radius 1 is 1.26 bits per heavy atom. The van der Waals surface area contributed by atoms with Gasteiger partial charge in [-0.25, -0.2) is 4.98 Å². The summed E-state index contributed by atoms with van der Waals surface area (Å²) in [5, 5.41) is 2.56. The van der Waals surface area contributed by atoms with Gasteiger partial charge in [0.1, 0.15) is 28.8 Å². The minimum atomic E-state index is -0.0414.